The van der Waals surface area contributed by atoms with E-state index in [2.05, 4.69) is 5.10 Å². The molecule has 24 heavy (non-hydrogen) atoms. The van der Waals surface area contributed by atoms with Crippen molar-refractivity contribution in [3.8, 4) is 0 Å². The van der Waals surface area contributed by atoms with Crippen LogP contribution in [0.5, 0.6) is 0 Å². The molecule has 0 N–H and O–H groups in total. The van der Waals surface area contributed by atoms with Crippen LogP contribution in [0.15, 0.2) is 29.4 Å². The Morgan fingerprint density at radius 3 is 2.62 bits per heavy atom. The van der Waals surface area contributed by atoms with Crippen LogP contribution in [-0.2, 0) is 9.47 Å². The van der Waals surface area contributed by atoms with Crippen LogP contribution >= 0.6 is 0 Å². The van der Waals surface area contributed by atoms with Gasteiger partial charge in [-0.05, 0) is 37.6 Å². The Hall–Kier alpha value is -1.92. The molecule has 2 heterocycles. The van der Waals surface area contributed by atoms with Crippen molar-refractivity contribution < 1.29 is 14.3 Å². The number of carbonyl (C=O) groups excluding carboxylic acids is 1. The van der Waals surface area contributed by atoms with Gasteiger partial charge in [0.15, 0.2) is 0 Å². The molecule has 1 fully saturated rings. The molecule has 3 rings (SSSR count). The fourth-order valence-electron chi connectivity index (χ4n) is 3.35. The molecule has 1 aromatic rings. The van der Waals surface area contributed by atoms with E-state index in [1.807, 2.05) is 41.1 Å². The average molecular weight is 331 g/mol. The van der Waals surface area contributed by atoms with Gasteiger partial charge in [0.25, 0.3) is 5.91 Å². The lowest BCUT2D eigenvalue weighted by atomic mass is 10.1. The largest absolute Gasteiger partial charge is 0.383 e. The molecule has 0 spiro atoms. The summed E-state index contributed by atoms with van der Waals surface area (Å²) in [4.78, 5) is 14.7. The zero-order chi connectivity index (χ0) is 17.1. The van der Waals surface area contributed by atoms with Gasteiger partial charge in [-0.25, -0.2) is 0 Å². The first-order valence-electron chi connectivity index (χ1n) is 8.36. The summed E-state index contributed by atoms with van der Waals surface area (Å²) in [5, 5.41) is 6.47. The van der Waals surface area contributed by atoms with Crippen molar-refractivity contribution in [1.82, 2.24) is 4.90 Å². The lowest BCUT2D eigenvalue weighted by Crippen LogP contribution is -2.38. The Morgan fingerprint density at radius 1 is 1.29 bits per heavy atom. The van der Waals surface area contributed by atoms with Crippen molar-refractivity contribution in [1.29, 1.82) is 0 Å². The second-order valence-electron chi connectivity index (χ2n) is 6.42. The van der Waals surface area contributed by atoms with Crippen LogP contribution in [0.2, 0.25) is 0 Å². The van der Waals surface area contributed by atoms with Crippen molar-refractivity contribution in [2.45, 2.75) is 31.9 Å². The van der Waals surface area contributed by atoms with E-state index in [4.69, 9.17) is 9.47 Å². The number of carbonyl (C=O) groups is 1. The van der Waals surface area contributed by atoms with Gasteiger partial charge in [-0.15, -0.1) is 0 Å². The van der Waals surface area contributed by atoms with E-state index in [9.17, 15) is 4.79 Å². The van der Waals surface area contributed by atoms with E-state index >= 15 is 0 Å². The minimum Gasteiger partial charge on any atom is -0.383 e. The summed E-state index contributed by atoms with van der Waals surface area (Å²) in [6, 6.07) is 7.75. The number of methoxy groups -OCH3 is 2. The summed E-state index contributed by atoms with van der Waals surface area (Å²) in [7, 11) is 3.35. The quantitative estimate of drug-likeness (QED) is 0.829. The molecule has 1 saturated heterocycles. The Labute approximate surface area is 143 Å². The lowest BCUT2D eigenvalue weighted by Gasteiger charge is -2.24. The number of ether oxygens (including phenoxy) is 2. The van der Waals surface area contributed by atoms with Gasteiger partial charge >= 0.3 is 0 Å². The second kappa shape index (κ2) is 7.32. The van der Waals surface area contributed by atoms with E-state index < -0.39 is 0 Å². The van der Waals surface area contributed by atoms with Crippen LogP contribution in [0, 0.1) is 0 Å². The van der Waals surface area contributed by atoms with Gasteiger partial charge in [0, 0.05) is 45.0 Å². The molecule has 1 amide bonds. The van der Waals surface area contributed by atoms with Gasteiger partial charge in [0.2, 0.25) is 0 Å². The van der Waals surface area contributed by atoms with Gasteiger partial charge in [-0.3, -0.25) is 9.80 Å². The lowest BCUT2D eigenvalue weighted by molar-refractivity contribution is 0.0612. The van der Waals surface area contributed by atoms with Crippen LogP contribution in [0.25, 0.3) is 0 Å². The Morgan fingerprint density at radius 2 is 2.04 bits per heavy atom. The van der Waals surface area contributed by atoms with Gasteiger partial charge in [0.1, 0.15) is 0 Å². The molecule has 2 atom stereocenters. The van der Waals surface area contributed by atoms with Crippen LogP contribution in [0.1, 0.15) is 30.1 Å². The maximum absolute atomic E-state index is 12.9. The number of hydrazone groups is 1. The first-order valence-corrected chi connectivity index (χ1v) is 8.36. The monoisotopic (exact) mass is 331 g/mol. The zero-order valence-corrected chi connectivity index (χ0v) is 14.6. The predicted molar refractivity (Wildman–Crippen MR) is 93.6 cm³/mol. The number of hydrogen-bond acceptors (Lipinski definition) is 5. The third-order valence-electron chi connectivity index (χ3n) is 4.72. The van der Waals surface area contributed by atoms with Gasteiger partial charge in [-0.1, -0.05) is 0 Å². The van der Waals surface area contributed by atoms with Gasteiger partial charge in [0.05, 0.1) is 24.4 Å². The normalized spacial score (nSPS) is 23.7. The van der Waals surface area contributed by atoms with E-state index in [1.54, 1.807) is 14.2 Å². The van der Waals surface area contributed by atoms with E-state index in [-0.39, 0.29) is 18.1 Å². The fourth-order valence-corrected chi connectivity index (χ4v) is 3.35. The summed E-state index contributed by atoms with van der Waals surface area (Å²) in [5.41, 5.74) is 2.85. The highest BCUT2D eigenvalue weighted by atomic mass is 16.5. The summed E-state index contributed by atoms with van der Waals surface area (Å²) in [5.74, 6) is 0.0317. The van der Waals surface area contributed by atoms with Crippen LogP contribution < -0.4 is 5.01 Å². The number of benzene rings is 1. The van der Waals surface area contributed by atoms with Crippen LogP contribution in [0.4, 0.5) is 5.69 Å². The van der Waals surface area contributed by atoms with Crippen LogP contribution in [0.3, 0.4) is 0 Å². The summed E-state index contributed by atoms with van der Waals surface area (Å²) >= 11 is 0. The minimum atomic E-state index is 0.0317. The first-order chi connectivity index (χ1) is 11.6. The molecule has 0 bridgehead atoms. The highest BCUT2D eigenvalue weighted by molar-refractivity contribution is 5.95. The van der Waals surface area contributed by atoms with Crippen molar-refractivity contribution >= 4 is 17.3 Å². The standard InChI is InChI=1S/C18H25N3O3/c1-13-8-9-21(19-13)15-6-4-14(5-7-15)18(22)20-11-17(24-3)10-16(20)12-23-2/h4-7,16-17H,8-12H2,1-3H3/t16-,17+/m0/s1. The van der Waals surface area contributed by atoms with Crippen molar-refractivity contribution in [2.24, 2.45) is 5.10 Å². The average Bonchev–Trinajstić information content (AvgIpc) is 3.21. The highest BCUT2D eigenvalue weighted by Crippen LogP contribution is 2.25. The maximum atomic E-state index is 12.9. The molecule has 0 unspecified atom stereocenters. The van der Waals surface area contributed by atoms with Crippen molar-refractivity contribution in [3.05, 3.63) is 29.8 Å². The molecular formula is C18H25N3O3. The van der Waals surface area contributed by atoms with E-state index in [0.717, 1.165) is 30.8 Å². The molecule has 1 aromatic carbocycles. The Kier molecular flexibility index (Phi) is 5.16. The molecule has 0 saturated carbocycles. The summed E-state index contributed by atoms with van der Waals surface area (Å²) in [6.45, 7) is 4.08. The number of anilines is 1. The molecule has 0 aliphatic carbocycles. The molecular weight excluding hydrogens is 306 g/mol. The number of hydrogen-bond donors (Lipinski definition) is 0. The molecule has 2 aliphatic rings. The summed E-state index contributed by atoms with van der Waals surface area (Å²) < 4.78 is 10.7. The minimum absolute atomic E-state index is 0.0317. The third-order valence-corrected chi connectivity index (χ3v) is 4.72. The first kappa shape index (κ1) is 16.9. The molecule has 2 aliphatic heterocycles. The zero-order valence-electron chi connectivity index (χ0n) is 14.6. The fraction of sp³-hybridized carbons (Fsp3) is 0.556. The highest BCUT2D eigenvalue weighted by Gasteiger charge is 2.35. The van der Waals surface area contributed by atoms with Crippen LogP contribution in [-0.4, -0.2) is 62.6 Å². The van der Waals surface area contributed by atoms with E-state index in [0.29, 0.717) is 18.7 Å². The van der Waals surface area contributed by atoms with Crippen molar-refractivity contribution in [3.63, 3.8) is 0 Å². The maximum Gasteiger partial charge on any atom is 0.254 e. The molecule has 6 nitrogen and oxygen atoms in total. The van der Waals surface area contributed by atoms with Gasteiger partial charge < -0.3 is 14.4 Å². The number of amides is 1. The van der Waals surface area contributed by atoms with Crippen molar-refractivity contribution in [2.75, 3.05) is 38.9 Å². The SMILES string of the molecule is COC[C@@H]1C[C@@H](OC)CN1C(=O)c1ccc(N2CCC(C)=N2)cc1. The smallest absolute Gasteiger partial charge is 0.254 e. The number of likely N-dealkylation sites (tertiary alicyclic amines) is 1. The number of rotatable bonds is 5. The molecule has 0 aromatic heterocycles. The molecule has 6 heteroatoms. The number of nitrogens with zero attached hydrogens (tertiary/aromatic N) is 3. The Balaban J connectivity index is 1.72. The molecule has 130 valence electrons. The summed E-state index contributed by atoms with van der Waals surface area (Å²) in [6.07, 6.45) is 1.89. The second-order valence-corrected chi connectivity index (χ2v) is 6.42. The Bertz CT molecular complexity index is 614. The predicted octanol–water partition coefficient (Wildman–Crippen LogP) is 2.15. The topological polar surface area (TPSA) is 54.4 Å². The van der Waals surface area contributed by atoms with Gasteiger partial charge in [-0.2, -0.15) is 5.10 Å². The third kappa shape index (κ3) is 3.44. The molecule has 0 radical (unpaired) electrons. The van der Waals surface area contributed by atoms with E-state index in [1.165, 1.54) is 0 Å².